The molecule has 1 saturated carbocycles. The lowest BCUT2D eigenvalue weighted by Gasteiger charge is -2.34. The van der Waals surface area contributed by atoms with Gasteiger partial charge in [0.05, 0.1) is 12.1 Å². The third kappa shape index (κ3) is 3.44. The highest BCUT2D eigenvalue weighted by atomic mass is 16.6. The van der Waals surface area contributed by atoms with Gasteiger partial charge in [0.2, 0.25) is 0 Å². The molecular weight excluding hydrogens is 302 g/mol. The van der Waals surface area contributed by atoms with Crippen LogP contribution in [-0.4, -0.2) is 33.8 Å². The van der Waals surface area contributed by atoms with Crippen molar-refractivity contribution in [2.45, 2.75) is 77.2 Å². The maximum Gasteiger partial charge on any atom is 0.410 e. The highest BCUT2D eigenvalue weighted by Crippen LogP contribution is 2.45. The minimum Gasteiger partial charge on any atom is -0.444 e. The van der Waals surface area contributed by atoms with Crippen LogP contribution < -0.4 is 0 Å². The van der Waals surface area contributed by atoms with E-state index in [-0.39, 0.29) is 18.2 Å². The van der Waals surface area contributed by atoms with Gasteiger partial charge in [-0.05, 0) is 58.4 Å². The highest BCUT2D eigenvalue weighted by Gasteiger charge is 2.49. The number of aliphatic hydroxyl groups is 1. The van der Waals surface area contributed by atoms with Gasteiger partial charge in [0.1, 0.15) is 5.60 Å². The van der Waals surface area contributed by atoms with E-state index >= 15 is 0 Å². The molecule has 1 amide bonds. The molecule has 1 saturated heterocycles. The summed E-state index contributed by atoms with van der Waals surface area (Å²) in [4.78, 5) is 14.6. The van der Waals surface area contributed by atoms with Crippen molar-refractivity contribution >= 4 is 6.09 Å². The zero-order valence-corrected chi connectivity index (χ0v) is 15.2. The first-order valence-electron chi connectivity index (χ1n) is 9.02. The molecule has 132 valence electrons. The van der Waals surface area contributed by atoms with Crippen LogP contribution in [0.2, 0.25) is 0 Å². The van der Waals surface area contributed by atoms with Gasteiger partial charge in [-0.1, -0.05) is 36.2 Å². The maximum absolute atomic E-state index is 12.8. The second kappa shape index (κ2) is 6.40. The zero-order chi connectivity index (χ0) is 17.5. The molecule has 4 atom stereocenters. The van der Waals surface area contributed by atoms with E-state index in [1.54, 1.807) is 0 Å². The molecule has 2 fully saturated rings. The number of aryl methyl sites for hydroxylation is 1. The summed E-state index contributed by atoms with van der Waals surface area (Å²) in [5.41, 5.74) is 1.52. The van der Waals surface area contributed by atoms with Gasteiger partial charge in [0.15, 0.2) is 0 Å². The normalized spacial score (nSPS) is 27.9. The number of hydrogen-bond donors (Lipinski definition) is 1. The van der Waals surface area contributed by atoms with Crippen molar-refractivity contribution in [3.63, 3.8) is 0 Å². The van der Waals surface area contributed by atoms with Gasteiger partial charge in [-0.3, -0.25) is 4.90 Å². The van der Waals surface area contributed by atoms with Crippen LogP contribution in [-0.2, 0) is 4.74 Å². The Morgan fingerprint density at radius 1 is 1.25 bits per heavy atom. The number of carbonyl (C=O) groups is 1. The molecule has 4 heteroatoms. The molecule has 1 aromatic carbocycles. The quantitative estimate of drug-likeness (QED) is 0.883. The van der Waals surface area contributed by atoms with Crippen molar-refractivity contribution in [1.82, 2.24) is 4.90 Å². The van der Waals surface area contributed by atoms with Gasteiger partial charge >= 0.3 is 6.09 Å². The molecule has 1 aliphatic carbocycles. The number of carbonyl (C=O) groups excluding carboxylic acids is 1. The first-order chi connectivity index (χ1) is 11.3. The molecule has 0 spiro atoms. The molecule has 24 heavy (non-hydrogen) atoms. The third-order valence-electron chi connectivity index (χ3n) is 5.27. The Morgan fingerprint density at radius 3 is 2.54 bits per heavy atom. The van der Waals surface area contributed by atoms with Gasteiger partial charge < -0.3 is 9.84 Å². The monoisotopic (exact) mass is 331 g/mol. The topological polar surface area (TPSA) is 49.8 Å². The summed E-state index contributed by atoms with van der Waals surface area (Å²) in [7, 11) is 0. The predicted octanol–water partition coefficient (Wildman–Crippen LogP) is 4.21. The van der Waals surface area contributed by atoms with Crippen LogP contribution in [0.15, 0.2) is 24.3 Å². The van der Waals surface area contributed by atoms with E-state index in [1.165, 1.54) is 5.56 Å². The largest absolute Gasteiger partial charge is 0.444 e. The number of aliphatic hydroxyl groups excluding tert-OH is 1. The number of hydrogen-bond acceptors (Lipinski definition) is 3. The SMILES string of the molecule is Cc1ccc([C@@H](O)[C@@H]2C[C@H]3CCC[C@H]3N2C(=O)OC(C)(C)C)cc1. The average Bonchev–Trinajstić information content (AvgIpc) is 3.05. The molecule has 1 aliphatic heterocycles. The number of nitrogens with zero attached hydrogens (tertiary/aromatic N) is 1. The Bertz CT molecular complexity index is 590. The van der Waals surface area contributed by atoms with Crippen molar-refractivity contribution in [2.75, 3.05) is 0 Å². The number of ether oxygens (including phenoxy) is 1. The minimum absolute atomic E-state index is 0.196. The first-order valence-corrected chi connectivity index (χ1v) is 9.02. The lowest BCUT2D eigenvalue weighted by molar-refractivity contribution is -0.00501. The third-order valence-corrected chi connectivity index (χ3v) is 5.27. The Balaban J connectivity index is 1.84. The molecule has 0 bridgehead atoms. The second-order valence-electron chi connectivity index (χ2n) is 8.30. The molecule has 1 N–H and O–H groups in total. The number of rotatable bonds is 2. The molecule has 1 aromatic rings. The highest BCUT2D eigenvalue weighted by molar-refractivity contribution is 5.70. The van der Waals surface area contributed by atoms with Crippen molar-refractivity contribution in [3.8, 4) is 0 Å². The lowest BCUT2D eigenvalue weighted by Crippen LogP contribution is -2.46. The Morgan fingerprint density at radius 2 is 1.92 bits per heavy atom. The van der Waals surface area contributed by atoms with E-state index in [4.69, 9.17) is 4.74 Å². The Kier molecular flexibility index (Phi) is 4.60. The maximum atomic E-state index is 12.8. The fourth-order valence-electron chi connectivity index (χ4n) is 4.18. The van der Waals surface area contributed by atoms with E-state index < -0.39 is 11.7 Å². The van der Waals surface area contributed by atoms with Crippen molar-refractivity contribution in [2.24, 2.45) is 5.92 Å². The van der Waals surface area contributed by atoms with Crippen molar-refractivity contribution in [1.29, 1.82) is 0 Å². The fourth-order valence-corrected chi connectivity index (χ4v) is 4.18. The first kappa shape index (κ1) is 17.3. The molecule has 0 radical (unpaired) electrons. The summed E-state index contributed by atoms with van der Waals surface area (Å²) < 4.78 is 5.64. The van der Waals surface area contributed by atoms with Crippen LogP contribution in [0.1, 0.15) is 63.7 Å². The standard InChI is InChI=1S/C20H29NO3/c1-13-8-10-14(11-9-13)18(22)17-12-15-6-5-7-16(15)21(17)19(23)24-20(2,3)4/h8-11,15-18,22H,5-7,12H2,1-4H3/t15-,16-,17+,18-/m1/s1. The van der Waals surface area contributed by atoms with E-state index in [0.717, 1.165) is 31.2 Å². The number of benzene rings is 1. The molecule has 2 aliphatic rings. The summed E-state index contributed by atoms with van der Waals surface area (Å²) >= 11 is 0. The zero-order valence-electron chi connectivity index (χ0n) is 15.2. The molecule has 3 rings (SSSR count). The van der Waals surface area contributed by atoms with Crippen LogP contribution in [0.5, 0.6) is 0 Å². The van der Waals surface area contributed by atoms with Crippen LogP contribution in [0.4, 0.5) is 4.79 Å². The lowest BCUT2D eigenvalue weighted by atomic mass is 9.95. The second-order valence-corrected chi connectivity index (χ2v) is 8.30. The van der Waals surface area contributed by atoms with Gasteiger partial charge in [0.25, 0.3) is 0 Å². The van der Waals surface area contributed by atoms with Crippen LogP contribution in [0.3, 0.4) is 0 Å². The minimum atomic E-state index is -0.663. The van der Waals surface area contributed by atoms with Gasteiger partial charge in [-0.2, -0.15) is 0 Å². The van der Waals surface area contributed by atoms with Crippen molar-refractivity contribution < 1.29 is 14.6 Å². The molecule has 0 aromatic heterocycles. The van der Waals surface area contributed by atoms with Crippen molar-refractivity contribution in [3.05, 3.63) is 35.4 Å². The van der Waals surface area contributed by atoms with Crippen LogP contribution >= 0.6 is 0 Å². The summed E-state index contributed by atoms with van der Waals surface area (Å²) in [5.74, 6) is 0.489. The molecule has 0 unspecified atom stereocenters. The smallest absolute Gasteiger partial charge is 0.410 e. The van der Waals surface area contributed by atoms with E-state index in [2.05, 4.69) is 0 Å². The summed E-state index contributed by atoms with van der Waals surface area (Å²) in [5, 5.41) is 10.9. The Hall–Kier alpha value is -1.55. The summed E-state index contributed by atoms with van der Waals surface area (Å²) in [6.45, 7) is 7.69. The molecule has 4 nitrogen and oxygen atoms in total. The van der Waals surface area contributed by atoms with Gasteiger partial charge in [0, 0.05) is 6.04 Å². The van der Waals surface area contributed by atoms with Gasteiger partial charge in [-0.15, -0.1) is 0 Å². The number of likely N-dealkylation sites (tertiary alicyclic amines) is 1. The van der Waals surface area contributed by atoms with E-state index in [9.17, 15) is 9.90 Å². The molecular formula is C20H29NO3. The summed E-state index contributed by atoms with van der Waals surface area (Å²) in [6, 6.07) is 7.95. The molecule has 1 heterocycles. The van der Waals surface area contributed by atoms with Crippen LogP contribution in [0.25, 0.3) is 0 Å². The van der Waals surface area contributed by atoms with Crippen LogP contribution in [0, 0.1) is 12.8 Å². The number of amides is 1. The van der Waals surface area contributed by atoms with E-state index in [1.807, 2.05) is 56.9 Å². The number of fused-ring (bicyclic) bond motifs is 1. The van der Waals surface area contributed by atoms with E-state index in [0.29, 0.717) is 5.92 Å². The fraction of sp³-hybridized carbons (Fsp3) is 0.650. The average molecular weight is 331 g/mol. The van der Waals surface area contributed by atoms with Gasteiger partial charge in [-0.25, -0.2) is 4.79 Å². The Labute approximate surface area is 144 Å². The summed E-state index contributed by atoms with van der Waals surface area (Å²) in [6.07, 6.45) is 3.22. The predicted molar refractivity (Wildman–Crippen MR) is 93.7 cm³/mol.